The van der Waals surface area contributed by atoms with E-state index >= 15 is 0 Å². The lowest BCUT2D eigenvalue weighted by Crippen LogP contribution is -2.50. The summed E-state index contributed by atoms with van der Waals surface area (Å²) in [6, 6.07) is 14.1. The third-order valence-electron chi connectivity index (χ3n) is 9.35. The van der Waals surface area contributed by atoms with Crippen molar-refractivity contribution in [3.8, 4) is 16.8 Å². The minimum Gasteiger partial charge on any atom is -0.382 e. The van der Waals surface area contributed by atoms with E-state index in [-0.39, 0.29) is 29.7 Å². The Bertz CT molecular complexity index is 2180. The van der Waals surface area contributed by atoms with Crippen molar-refractivity contribution in [3.05, 3.63) is 105 Å². The first-order chi connectivity index (χ1) is 24.2. The Morgan fingerprint density at radius 1 is 0.980 bits per heavy atom. The molecule has 0 atom stereocenters. The van der Waals surface area contributed by atoms with Crippen LogP contribution in [0.3, 0.4) is 0 Å². The van der Waals surface area contributed by atoms with Gasteiger partial charge in [0.05, 0.1) is 18.9 Å². The topological polar surface area (TPSA) is 162 Å². The van der Waals surface area contributed by atoms with Gasteiger partial charge in [-0.2, -0.15) is 5.10 Å². The molecule has 50 heavy (non-hydrogen) atoms. The van der Waals surface area contributed by atoms with Crippen molar-refractivity contribution in [3.63, 3.8) is 0 Å². The number of nitrogen functional groups attached to an aromatic ring is 1. The van der Waals surface area contributed by atoms with E-state index in [4.69, 9.17) is 10.5 Å². The molecule has 0 aliphatic carbocycles. The highest BCUT2D eigenvalue weighted by Crippen LogP contribution is 2.37. The van der Waals surface area contributed by atoms with Gasteiger partial charge in [-0.3, -0.25) is 14.2 Å². The molecule has 5 aromatic rings. The van der Waals surface area contributed by atoms with Gasteiger partial charge in [0.25, 0.3) is 11.5 Å². The summed E-state index contributed by atoms with van der Waals surface area (Å²) in [5.74, 6) is -0.758. The van der Waals surface area contributed by atoms with Crippen LogP contribution in [0.1, 0.15) is 41.7 Å². The SMILES string of the molecule is CCn1cc(C(=O)Nc2ccc(-c3cc(C4CCN(C(=O)N5CCOCC5)CC4)n4ncnc(N)c34)cc2)c(=O)n(-c2ccc(F)cc2)c1=O. The smallest absolute Gasteiger partial charge is 0.335 e. The predicted octanol–water partition coefficient (Wildman–Crippen LogP) is 3.33. The summed E-state index contributed by atoms with van der Waals surface area (Å²) >= 11 is 0. The lowest BCUT2D eigenvalue weighted by molar-refractivity contribution is 0.0411. The van der Waals surface area contributed by atoms with Crippen molar-refractivity contribution in [1.29, 1.82) is 0 Å². The number of likely N-dealkylation sites (tertiary alicyclic amines) is 1. The fraction of sp³-hybridized carbons (Fsp3) is 0.314. The van der Waals surface area contributed by atoms with Crippen LogP contribution in [0, 0.1) is 5.82 Å². The molecule has 2 saturated heterocycles. The highest BCUT2D eigenvalue weighted by atomic mass is 19.1. The maximum Gasteiger partial charge on any atom is 0.335 e. The molecule has 2 aromatic carbocycles. The number of nitrogens with two attached hydrogens (primary N) is 1. The van der Waals surface area contributed by atoms with E-state index in [1.165, 1.54) is 29.2 Å². The van der Waals surface area contributed by atoms with Gasteiger partial charge in [-0.1, -0.05) is 12.1 Å². The van der Waals surface area contributed by atoms with Crippen LogP contribution in [0.5, 0.6) is 0 Å². The monoisotopic (exact) mass is 681 g/mol. The molecule has 0 unspecified atom stereocenters. The number of morpholine rings is 1. The second-order valence-corrected chi connectivity index (χ2v) is 12.3. The van der Waals surface area contributed by atoms with Crippen molar-refractivity contribution < 1.29 is 18.7 Å². The molecule has 14 nitrogen and oxygen atoms in total. The largest absolute Gasteiger partial charge is 0.382 e. The van der Waals surface area contributed by atoms with Crippen LogP contribution in [-0.2, 0) is 11.3 Å². The molecule has 0 bridgehead atoms. The summed E-state index contributed by atoms with van der Waals surface area (Å²) < 4.78 is 22.9. The van der Waals surface area contributed by atoms with Crippen LogP contribution in [-0.4, -0.2) is 84.9 Å². The maximum atomic E-state index is 13.5. The summed E-state index contributed by atoms with van der Waals surface area (Å²) in [6.45, 7) is 5.51. The summed E-state index contributed by atoms with van der Waals surface area (Å²) in [5.41, 5.74) is 8.52. The lowest BCUT2D eigenvalue weighted by atomic mass is 9.93. The van der Waals surface area contributed by atoms with Gasteiger partial charge < -0.3 is 25.6 Å². The molecule has 3 amide bonds. The molecular formula is C35H36FN9O5. The second kappa shape index (κ2) is 13.6. The number of ether oxygens (including phenoxy) is 1. The van der Waals surface area contributed by atoms with Gasteiger partial charge in [-0.15, -0.1) is 0 Å². The highest BCUT2D eigenvalue weighted by molar-refractivity contribution is 6.04. The third-order valence-corrected chi connectivity index (χ3v) is 9.35. The number of carbonyl (C=O) groups excluding carboxylic acids is 2. The molecule has 5 heterocycles. The van der Waals surface area contributed by atoms with E-state index in [9.17, 15) is 23.6 Å². The Hall–Kier alpha value is -5.83. The standard InChI is InChI=1S/C35H36FN9O5/c1-2-41-20-28(33(47)44(35(41)49)26-9-5-24(36)6-10-26)32(46)40-25-7-3-22(4-8-25)27-19-29(45-30(27)31(37)38-21-39-45)23-11-13-42(14-12-23)34(48)43-15-17-50-18-16-43/h3-10,19-21,23H,2,11-18H2,1H3,(H,40,46)(H2,37,38,39). The number of anilines is 2. The molecule has 258 valence electrons. The summed E-state index contributed by atoms with van der Waals surface area (Å²) in [7, 11) is 0. The molecule has 15 heteroatoms. The Morgan fingerprint density at radius 2 is 1.66 bits per heavy atom. The Kier molecular flexibility index (Phi) is 8.89. The van der Waals surface area contributed by atoms with E-state index in [0.29, 0.717) is 56.4 Å². The van der Waals surface area contributed by atoms with E-state index in [0.717, 1.165) is 46.4 Å². The fourth-order valence-electron chi connectivity index (χ4n) is 6.66. The average Bonchev–Trinajstić information content (AvgIpc) is 3.54. The summed E-state index contributed by atoms with van der Waals surface area (Å²) in [4.78, 5) is 60.8. The van der Waals surface area contributed by atoms with E-state index in [1.54, 1.807) is 19.1 Å². The highest BCUT2D eigenvalue weighted by Gasteiger charge is 2.30. The lowest BCUT2D eigenvalue weighted by Gasteiger charge is -2.37. The van der Waals surface area contributed by atoms with Crippen LogP contribution in [0.25, 0.3) is 22.3 Å². The van der Waals surface area contributed by atoms with Gasteiger partial charge >= 0.3 is 11.7 Å². The molecule has 7 rings (SSSR count). The second-order valence-electron chi connectivity index (χ2n) is 12.3. The number of hydrogen-bond acceptors (Lipinski definition) is 8. The number of urea groups is 1. The Labute approximate surface area is 285 Å². The molecule has 3 N–H and O–H groups in total. The molecule has 0 spiro atoms. The van der Waals surface area contributed by atoms with Gasteiger partial charge in [0, 0.05) is 61.8 Å². The zero-order valence-electron chi connectivity index (χ0n) is 27.4. The Morgan fingerprint density at radius 3 is 2.34 bits per heavy atom. The van der Waals surface area contributed by atoms with Crippen molar-refractivity contribution in [1.82, 2.24) is 33.5 Å². The van der Waals surface area contributed by atoms with Crippen LogP contribution in [0.2, 0.25) is 0 Å². The number of aromatic nitrogens is 5. The number of benzene rings is 2. The normalized spacial score (nSPS) is 15.4. The van der Waals surface area contributed by atoms with Crippen molar-refractivity contribution in [2.45, 2.75) is 32.2 Å². The van der Waals surface area contributed by atoms with Crippen molar-refractivity contribution >= 4 is 29.0 Å². The van der Waals surface area contributed by atoms with Gasteiger partial charge in [-0.25, -0.2) is 28.0 Å². The minimum absolute atomic E-state index is 0.0525. The number of amides is 3. The maximum absolute atomic E-state index is 13.5. The van der Waals surface area contributed by atoms with Crippen LogP contribution < -0.4 is 22.3 Å². The van der Waals surface area contributed by atoms with Crippen LogP contribution in [0.15, 0.2) is 76.7 Å². The first-order valence-electron chi connectivity index (χ1n) is 16.5. The zero-order valence-corrected chi connectivity index (χ0v) is 27.4. The number of nitrogens with zero attached hydrogens (tertiary/aromatic N) is 7. The number of piperidine rings is 1. The summed E-state index contributed by atoms with van der Waals surface area (Å²) in [6.07, 6.45) is 4.20. The zero-order chi connectivity index (χ0) is 34.9. The number of aryl methyl sites for hydroxylation is 1. The number of nitrogens with one attached hydrogen (secondary N) is 1. The molecule has 0 radical (unpaired) electrons. The molecule has 2 aliphatic rings. The number of fused-ring (bicyclic) bond motifs is 1. The number of carbonyl (C=O) groups is 2. The fourth-order valence-corrected chi connectivity index (χ4v) is 6.66. The predicted molar refractivity (Wildman–Crippen MR) is 184 cm³/mol. The molecular weight excluding hydrogens is 645 g/mol. The van der Waals surface area contributed by atoms with Crippen LogP contribution >= 0.6 is 0 Å². The van der Waals surface area contributed by atoms with E-state index in [1.807, 2.05) is 26.4 Å². The van der Waals surface area contributed by atoms with E-state index < -0.39 is 23.0 Å². The molecule has 2 fully saturated rings. The third kappa shape index (κ3) is 6.11. The summed E-state index contributed by atoms with van der Waals surface area (Å²) in [5, 5.41) is 7.29. The van der Waals surface area contributed by atoms with E-state index in [2.05, 4.69) is 21.5 Å². The van der Waals surface area contributed by atoms with Gasteiger partial charge in [0.15, 0.2) is 5.82 Å². The average molecular weight is 682 g/mol. The first-order valence-corrected chi connectivity index (χ1v) is 16.5. The molecule has 2 aliphatic heterocycles. The number of hydrogen-bond donors (Lipinski definition) is 2. The Balaban J connectivity index is 1.12. The quantitative estimate of drug-likeness (QED) is 0.276. The van der Waals surface area contributed by atoms with Crippen molar-refractivity contribution in [2.75, 3.05) is 50.4 Å². The number of halogens is 1. The van der Waals surface area contributed by atoms with Gasteiger partial charge in [0.1, 0.15) is 23.2 Å². The number of rotatable bonds is 6. The van der Waals surface area contributed by atoms with Crippen LogP contribution in [0.4, 0.5) is 20.7 Å². The van der Waals surface area contributed by atoms with Gasteiger partial charge in [-0.05, 0) is 67.8 Å². The van der Waals surface area contributed by atoms with Crippen molar-refractivity contribution in [2.24, 2.45) is 0 Å². The van der Waals surface area contributed by atoms with Gasteiger partial charge in [0.2, 0.25) is 0 Å². The molecule has 0 saturated carbocycles. The minimum atomic E-state index is -0.819. The molecule has 3 aromatic heterocycles. The first kappa shape index (κ1) is 32.7.